The maximum Gasteiger partial charge on any atom is 0.168 e. The first-order valence-electron chi connectivity index (χ1n) is 8.47. The van der Waals surface area contributed by atoms with E-state index in [4.69, 9.17) is 16.2 Å². The number of hydrogen-bond donors (Lipinski definition) is 2. The molecule has 0 aliphatic carbocycles. The number of hydrogen-bond acceptors (Lipinski definition) is 5. The Morgan fingerprint density at radius 3 is 1.70 bits per heavy atom. The third kappa shape index (κ3) is 3.20. The molecule has 0 fully saturated rings. The summed E-state index contributed by atoms with van der Waals surface area (Å²) in [6.45, 7) is 0. The largest absolute Gasteiger partial charge is 0.497 e. The molecule has 0 saturated carbocycles. The molecule has 4 N–H and O–H groups in total. The molecule has 0 aliphatic rings. The Morgan fingerprint density at radius 1 is 0.741 bits per heavy atom. The summed E-state index contributed by atoms with van der Waals surface area (Å²) >= 11 is 0. The molecule has 0 aliphatic heterocycles. The molecule has 1 heterocycles. The first-order chi connectivity index (χ1) is 13.2. The van der Waals surface area contributed by atoms with E-state index in [2.05, 4.69) is 10.2 Å². The number of benzene rings is 3. The number of nitrogens with two attached hydrogens (primary N) is 2. The lowest BCUT2D eigenvalue weighted by molar-refractivity contribution is 0.415. The third-order valence-corrected chi connectivity index (χ3v) is 4.28. The quantitative estimate of drug-likeness (QED) is 0.542. The van der Waals surface area contributed by atoms with Gasteiger partial charge in [0, 0.05) is 28.2 Å². The fraction of sp³-hybridized carbons (Fsp3) is 0.0476. The minimum Gasteiger partial charge on any atom is -0.497 e. The number of methoxy groups -OCH3 is 1. The predicted octanol–water partition coefficient (Wildman–Crippen LogP) is 3.77. The van der Waals surface area contributed by atoms with Crippen LogP contribution in [0.2, 0.25) is 0 Å². The van der Waals surface area contributed by atoms with Crippen molar-refractivity contribution in [2.24, 2.45) is 0 Å². The summed E-state index contributed by atoms with van der Waals surface area (Å²) in [5.41, 5.74) is 16.0. The van der Waals surface area contributed by atoms with Crippen molar-refractivity contribution in [1.82, 2.24) is 14.8 Å². The van der Waals surface area contributed by atoms with Crippen molar-refractivity contribution >= 4 is 11.4 Å². The molecule has 1 aromatic heterocycles. The average Bonchev–Trinajstić information content (AvgIpc) is 3.13. The van der Waals surface area contributed by atoms with E-state index in [1.54, 1.807) is 7.11 Å². The molecule has 3 aromatic carbocycles. The summed E-state index contributed by atoms with van der Waals surface area (Å²) in [6, 6.07) is 22.9. The molecule has 4 aromatic rings. The van der Waals surface area contributed by atoms with E-state index in [0.717, 1.165) is 22.6 Å². The van der Waals surface area contributed by atoms with Crippen molar-refractivity contribution in [3.63, 3.8) is 0 Å². The van der Waals surface area contributed by atoms with E-state index in [0.29, 0.717) is 23.0 Å². The van der Waals surface area contributed by atoms with Gasteiger partial charge < -0.3 is 16.2 Å². The van der Waals surface area contributed by atoms with Gasteiger partial charge >= 0.3 is 0 Å². The lowest BCUT2D eigenvalue weighted by atomic mass is 10.1. The van der Waals surface area contributed by atoms with Crippen LogP contribution in [0, 0.1) is 0 Å². The van der Waals surface area contributed by atoms with E-state index in [1.807, 2.05) is 77.4 Å². The van der Waals surface area contributed by atoms with Gasteiger partial charge in [-0.25, -0.2) is 0 Å². The standard InChI is InChI=1S/C21H19N5O/c1-27-19-10-8-18(9-11-19)26-20(14-4-2-6-16(22)12-14)24-25-21(26)15-5-3-7-17(23)13-15/h2-13H,22-23H2,1H3. The Hall–Kier alpha value is -3.80. The molecule has 0 saturated heterocycles. The molecule has 0 unspecified atom stereocenters. The van der Waals surface area contributed by atoms with Crippen molar-refractivity contribution in [2.45, 2.75) is 0 Å². The molecule has 0 spiro atoms. The zero-order chi connectivity index (χ0) is 18.8. The van der Waals surface area contributed by atoms with Crippen molar-refractivity contribution in [3.8, 4) is 34.2 Å². The van der Waals surface area contributed by atoms with Gasteiger partial charge in [-0.05, 0) is 48.5 Å². The lowest BCUT2D eigenvalue weighted by Gasteiger charge is -2.12. The zero-order valence-corrected chi connectivity index (χ0v) is 14.8. The number of rotatable bonds is 4. The van der Waals surface area contributed by atoms with Crippen LogP contribution in [0.25, 0.3) is 28.5 Å². The maximum absolute atomic E-state index is 5.97. The maximum atomic E-state index is 5.97. The predicted molar refractivity (Wildman–Crippen MR) is 108 cm³/mol. The number of anilines is 2. The van der Waals surface area contributed by atoms with Crippen molar-refractivity contribution in [2.75, 3.05) is 18.6 Å². The first-order valence-corrected chi connectivity index (χ1v) is 8.47. The van der Waals surface area contributed by atoms with Gasteiger partial charge in [0.2, 0.25) is 0 Å². The van der Waals surface area contributed by atoms with Gasteiger partial charge in [0.15, 0.2) is 11.6 Å². The molecule has 0 bridgehead atoms. The molecular formula is C21H19N5O. The lowest BCUT2D eigenvalue weighted by Crippen LogP contribution is -2.01. The number of nitrogen functional groups attached to an aromatic ring is 2. The third-order valence-electron chi connectivity index (χ3n) is 4.28. The van der Waals surface area contributed by atoms with Gasteiger partial charge in [0.25, 0.3) is 0 Å². The van der Waals surface area contributed by atoms with Crippen LogP contribution < -0.4 is 16.2 Å². The van der Waals surface area contributed by atoms with E-state index in [-0.39, 0.29) is 0 Å². The second-order valence-electron chi connectivity index (χ2n) is 6.13. The number of aromatic nitrogens is 3. The average molecular weight is 357 g/mol. The molecule has 27 heavy (non-hydrogen) atoms. The monoisotopic (exact) mass is 357 g/mol. The Morgan fingerprint density at radius 2 is 1.26 bits per heavy atom. The van der Waals surface area contributed by atoms with Gasteiger partial charge in [-0.15, -0.1) is 10.2 Å². The van der Waals surface area contributed by atoms with Crippen LogP contribution in [0.1, 0.15) is 0 Å². The normalized spacial score (nSPS) is 10.7. The summed E-state index contributed by atoms with van der Waals surface area (Å²) in [5, 5.41) is 8.88. The van der Waals surface area contributed by atoms with Gasteiger partial charge in [0.1, 0.15) is 5.75 Å². The van der Waals surface area contributed by atoms with Crippen LogP contribution in [-0.4, -0.2) is 21.9 Å². The minimum atomic E-state index is 0.669. The van der Waals surface area contributed by atoms with Gasteiger partial charge in [-0.1, -0.05) is 24.3 Å². The van der Waals surface area contributed by atoms with Crippen molar-refractivity contribution < 1.29 is 4.74 Å². The Kier molecular flexibility index (Phi) is 4.22. The highest BCUT2D eigenvalue weighted by atomic mass is 16.5. The molecular weight excluding hydrogens is 338 g/mol. The van der Waals surface area contributed by atoms with Crippen LogP contribution in [0.4, 0.5) is 11.4 Å². The van der Waals surface area contributed by atoms with E-state index in [9.17, 15) is 0 Å². The molecule has 0 radical (unpaired) electrons. The molecule has 6 heteroatoms. The molecule has 4 rings (SSSR count). The van der Waals surface area contributed by atoms with Crippen molar-refractivity contribution in [3.05, 3.63) is 72.8 Å². The van der Waals surface area contributed by atoms with Crippen LogP contribution in [0.15, 0.2) is 72.8 Å². The van der Waals surface area contributed by atoms with Gasteiger partial charge in [-0.2, -0.15) is 0 Å². The summed E-state index contributed by atoms with van der Waals surface area (Å²) in [6.07, 6.45) is 0. The SMILES string of the molecule is COc1ccc(-n2c(-c3cccc(N)c3)nnc2-c2cccc(N)c2)cc1. The van der Waals surface area contributed by atoms with Gasteiger partial charge in [0.05, 0.1) is 7.11 Å². The van der Waals surface area contributed by atoms with Crippen LogP contribution in [0.3, 0.4) is 0 Å². The van der Waals surface area contributed by atoms with Gasteiger partial charge in [-0.3, -0.25) is 4.57 Å². The molecule has 0 amide bonds. The summed E-state index contributed by atoms with van der Waals surface area (Å²) in [5.74, 6) is 2.18. The number of nitrogens with zero attached hydrogens (tertiary/aromatic N) is 3. The Balaban J connectivity index is 1.94. The first kappa shape index (κ1) is 16.7. The highest BCUT2D eigenvalue weighted by molar-refractivity contribution is 5.70. The highest BCUT2D eigenvalue weighted by Crippen LogP contribution is 2.30. The van der Waals surface area contributed by atoms with Crippen molar-refractivity contribution in [1.29, 1.82) is 0 Å². The van der Waals surface area contributed by atoms with Crippen LogP contribution >= 0.6 is 0 Å². The fourth-order valence-corrected chi connectivity index (χ4v) is 2.99. The van der Waals surface area contributed by atoms with E-state index in [1.165, 1.54) is 0 Å². The highest BCUT2D eigenvalue weighted by Gasteiger charge is 2.17. The van der Waals surface area contributed by atoms with E-state index < -0.39 is 0 Å². The summed E-state index contributed by atoms with van der Waals surface area (Å²) in [7, 11) is 1.64. The topological polar surface area (TPSA) is 92.0 Å². The second kappa shape index (κ2) is 6.84. The zero-order valence-electron chi connectivity index (χ0n) is 14.8. The fourth-order valence-electron chi connectivity index (χ4n) is 2.99. The summed E-state index contributed by atoms with van der Waals surface area (Å²) in [4.78, 5) is 0. The van der Waals surface area contributed by atoms with Crippen LogP contribution in [0.5, 0.6) is 5.75 Å². The summed E-state index contributed by atoms with van der Waals surface area (Å²) < 4.78 is 7.26. The molecule has 6 nitrogen and oxygen atoms in total. The second-order valence-corrected chi connectivity index (χ2v) is 6.13. The minimum absolute atomic E-state index is 0.669. The smallest absolute Gasteiger partial charge is 0.168 e. The van der Waals surface area contributed by atoms with E-state index >= 15 is 0 Å². The molecule has 0 atom stereocenters. The Labute approximate surface area is 157 Å². The Bertz CT molecular complexity index is 1020. The molecule has 134 valence electrons. The van der Waals surface area contributed by atoms with Crippen LogP contribution in [-0.2, 0) is 0 Å². The number of ether oxygens (including phenoxy) is 1.